The fraction of sp³-hybridized carbons (Fsp3) is 0.300. The summed E-state index contributed by atoms with van der Waals surface area (Å²) in [6.07, 6.45) is -4.11. The number of benzene rings is 1. The number of rotatable bonds is 0. The minimum atomic E-state index is -4.58. The molecule has 84 valence electrons. The summed E-state index contributed by atoms with van der Waals surface area (Å²) in [5.74, 6) is 0.335. The van der Waals surface area contributed by atoms with Crippen molar-refractivity contribution in [3.8, 4) is 6.07 Å². The molecule has 16 heavy (non-hydrogen) atoms. The molecule has 0 aromatic heterocycles. The molecular weight excluding hydrogens is 239 g/mol. The molecule has 0 amide bonds. The number of aryl methyl sites for hydroxylation is 1. The van der Waals surface area contributed by atoms with Crippen LogP contribution in [0.15, 0.2) is 17.0 Å². The molecule has 0 radical (unpaired) electrons. The number of halogens is 3. The number of fused-ring (bicyclic) bond motifs is 1. The minimum absolute atomic E-state index is 0.214. The highest BCUT2D eigenvalue weighted by Gasteiger charge is 2.35. The Bertz CT molecular complexity index is 516. The maximum atomic E-state index is 12.6. The van der Waals surface area contributed by atoms with Gasteiger partial charge in [-0.2, -0.15) is 18.4 Å². The van der Waals surface area contributed by atoms with Gasteiger partial charge in [0.2, 0.25) is 0 Å². The Hall–Kier alpha value is -1.35. The van der Waals surface area contributed by atoms with E-state index in [4.69, 9.17) is 5.26 Å². The van der Waals surface area contributed by atoms with Crippen molar-refractivity contribution in [3.05, 3.63) is 28.8 Å². The summed E-state index contributed by atoms with van der Waals surface area (Å²) in [5.41, 5.74) is -0.808. The summed E-state index contributed by atoms with van der Waals surface area (Å²) < 4.78 is 49.1. The van der Waals surface area contributed by atoms with Crippen LogP contribution >= 0.6 is 0 Å². The predicted octanol–water partition coefficient (Wildman–Crippen LogP) is 2.24. The molecule has 0 bridgehead atoms. The van der Waals surface area contributed by atoms with Gasteiger partial charge in [-0.3, -0.25) is 4.21 Å². The normalized spacial score (nSPS) is 19.2. The summed E-state index contributed by atoms with van der Waals surface area (Å²) in [6, 6.07) is 3.57. The van der Waals surface area contributed by atoms with Crippen LogP contribution in [0.4, 0.5) is 13.2 Å². The van der Waals surface area contributed by atoms with Crippen LogP contribution in [0.2, 0.25) is 0 Å². The smallest absolute Gasteiger partial charge is 0.254 e. The van der Waals surface area contributed by atoms with Crippen LogP contribution < -0.4 is 0 Å². The van der Waals surface area contributed by atoms with Crippen molar-refractivity contribution in [1.82, 2.24) is 0 Å². The third-order valence-corrected chi connectivity index (χ3v) is 3.87. The second-order valence-corrected chi connectivity index (χ2v) is 4.95. The van der Waals surface area contributed by atoms with Crippen molar-refractivity contribution in [2.45, 2.75) is 17.5 Å². The van der Waals surface area contributed by atoms with Crippen molar-refractivity contribution in [1.29, 1.82) is 5.26 Å². The van der Waals surface area contributed by atoms with Gasteiger partial charge in [0.1, 0.15) is 0 Å². The van der Waals surface area contributed by atoms with Crippen molar-refractivity contribution < 1.29 is 17.4 Å². The molecule has 0 fully saturated rings. The lowest BCUT2D eigenvalue weighted by Crippen LogP contribution is -2.09. The summed E-state index contributed by atoms with van der Waals surface area (Å²) >= 11 is 0. The zero-order valence-electron chi connectivity index (χ0n) is 7.97. The number of nitrogens with zero attached hydrogens (tertiary/aromatic N) is 1. The molecule has 0 saturated carbocycles. The van der Waals surface area contributed by atoms with E-state index < -0.39 is 28.1 Å². The molecule has 1 heterocycles. The molecule has 6 heteroatoms. The Kier molecular flexibility index (Phi) is 2.50. The highest BCUT2D eigenvalue weighted by atomic mass is 32.2. The van der Waals surface area contributed by atoms with Crippen LogP contribution in [0.1, 0.15) is 16.7 Å². The standard InChI is InChI=1S/C10H6F3NOS/c11-10(12,13)8-4-9-6(1-2-16(9)15)3-7(8)5-14/h3-4H,1-2H2. The zero-order valence-corrected chi connectivity index (χ0v) is 8.78. The van der Waals surface area contributed by atoms with Gasteiger partial charge in [0, 0.05) is 10.6 Å². The summed E-state index contributed by atoms with van der Waals surface area (Å²) in [6.45, 7) is 0. The first-order valence-corrected chi connectivity index (χ1v) is 5.78. The average Bonchev–Trinajstić information content (AvgIpc) is 2.57. The van der Waals surface area contributed by atoms with E-state index in [1.54, 1.807) is 0 Å². The molecule has 1 aliphatic rings. The predicted molar refractivity (Wildman–Crippen MR) is 51.1 cm³/mol. The Morgan fingerprint density at radius 2 is 2.06 bits per heavy atom. The van der Waals surface area contributed by atoms with Gasteiger partial charge in [0.15, 0.2) is 0 Å². The third kappa shape index (κ3) is 1.71. The topological polar surface area (TPSA) is 40.9 Å². The highest BCUT2D eigenvalue weighted by molar-refractivity contribution is 7.85. The van der Waals surface area contributed by atoms with E-state index in [-0.39, 0.29) is 4.90 Å². The van der Waals surface area contributed by atoms with Crippen molar-refractivity contribution in [2.75, 3.05) is 5.75 Å². The SMILES string of the molecule is N#Cc1cc2c(cc1C(F)(F)F)S(=O)CC2. The lowest BCUT2D eigenvalue weighted by Gasteiger charge is -2.10. The van der Waals surface area contributed by atoms with Gasteiger partial charge < -0.3 is 0 Å². The van der Waals surface area contributed by atoms with Crippen LogP contribution in [0.3, 0.4) is 0 Å². The minimum Gasteiger partial charge on any atom is -0.254 e. The van der Waals surface area contributed by atoms with E-state index in [0.29, 0.717) is 17.7 Å². The monoisotopic (exact) mass is 245 g/mol. The van der Waals surface area contributed by atoms with Gasteiger partial charge in [-0.1, -0.05) is 0 Å². The van der Waals surface area contributed by atoms with Gasteiger partial charge >= 0.3 is 6.18 Å². The molecule has 0 saturated heterocycles. The molecular formula is C10H6F3NOS. The van der Waals surface area contributed by atoms with E-state index in [1.807, 2.05) is 0 Å². The molecule has 1 aromatic carbocycles. The second kappa shape index (κ2) is 3.59. The quantitative estimate of drug-likeness (QED) is 0.703. The first kappa shape index (κ1) is 11.1. The summed E-state index contributed by atoms with van der Waals surface area (Å²) in [5, 5.41) is 8.65. The van der Waals surface area contributed by atoms with Crippen molar-refractivity contribution in [2.24, 2.45) is 0 Å². The second-order valence-electron chi connectivity index (χ2n) is 3.41. The van der Waals surface area contributed by atoms with E-state index in [1.165, 1.54) is 12.1 Å². The third-order valence-electron chi connectivity index (χ3n) is 2.43. The first-order valence-electron chi connectivity index (χ1n) is 4.46. The maximum absolute atomic E-state index is 12.6. The average molecular weight is 245 g/mol. The number of nitriles is 1. The van der Waals surface area contributed by atoms with Crippen LogP contribution in [-0.2, 0) is 23.4 Å². The Balaban J connectivity index is 2.67. The molecule has 2 rings (SSSR count). The van der Waals surface area contributed by atoms with Gasteiger partial charge in [-0.15, -0.1) is 0 Å². The molecule has 1 atom stereocenters. The fourth-order valence-electron chi connectivity index (χ4n) is 1.67. The van der Waals surface area contributed by atoms with Crippen LogP contribution in [0.25, 0.3) is 0 Å². The van der Waals surface area contributed by atoms with E-state index >= 15 is 0 Å². The zero-order chi connectivity index (χ0) is 11.9. The summed E-state index contributed by atoms with van der Waals surface area (Å²) in [4.78, 5) is 0.214. The highest BCUT2D eigenvalue weighted by Crippen LogP contribution is 2.36. The molecule has 1 aromatic rings. The van der Waals surface area contributed by atoms with Crippen LogP contribution in [0, 0.1) is 11.3 Å². The fourth-order valence-corrected chi connectivity index (χ4v) is 3.00. The molecule has 0 N–H and O–H groups in total. The maximum Gasteiger partial charge on any atom is 0.417 e. The van der Waals surface area contributed by atoms with Crippen LogP contribution in [0.5, 0.6) is 0 Å². The van der Waals surface area contributed by atoms with Crippen LogP contribution in [-0.4, -0.2) is 9.96 Å². The number of hydrogen-bond acceptors (Lipinski definition) is 2. The molecule has 0 aliphatic carbocycles. The van der Waals surface area contributed by atoms with E-state index in [2.05, 4.69) is 0 Å². The Labute approximate surface area is 92.1 Å². The molecule has 0 spiro atoms. The Morgan fingerprint density at radius 3 is 2.62 bits per heavy atom. The van der Waals surface area contributed by atoms with Gasteiger partial charge in [0.05, 0.1) is 28.0 Å². The lowest BCUT2D eigenvalue weighted by molar-refractivity contribution is -0.137. The van der Waals surface area contributed by atoms with Gasteiger partial charge in [0.25, 0.3) is 0 Å². The van der Waals surface area contributed by atoms with E-state index in [0.717, 1.165) is 6.07 Å². The van der Waals surface area contributed by atoms with Gasteiger partial charge in [-0.25, -0.2) is 0 Å². The van der Waals surface area contributed by atoms with E-state index in [9.17, 15) is 17.4 Å². The summed E-state index contributed by atoms with van der Waals surface area (Å²) in [7, 11) is -1.36. The van der Waals surface area contributed by atoms with Crippen molar-refractivity contribution in [3.63, 3.8) is 0 Å². The number of hydrogen-bond donors (Lipinski definition) is 0. The molecule has 1 aliphatic heterocycles. The Morgan fingerprint density at radius 1 is 1.38 bits per heavy atom. The first-order chi connectivity index (χ1) is 7.43. The van der Waals surface area contributed by atoms with Crippen molar-refractivity contribution >= 4 is 10.8 Å². The largest absolute Gasteiger partial charge is 0.417 e. The lowest BCUT2D eigenvalue weighted by atomic mass is 10.0. The van der Waals surface area contributed by atoms with Gasteiger partial charge in [-0.05, 0) is 24.1 Å². The molecule has 2 nitrogen and oxygen atoms in total. The number of alkyl halides is 3. The molecule has 1 unspecified atom stereocenters.